The highest BCUT2D eigenvalue weighted by molar-refractivity contribution is 5.60. The summed E-state index contributed by atoms with van der Waals surface area (Å²) < 4.78 is 14.5. The molecule has 0 aliphatic heterocycles. The summed E-state index contributed by atoms with van der Waals surface area (Å²) in [5, 5.41) is 4.04. The lowest BCUT2D eigenvalue weighted by atomic mass is 10.1. The molecule has 2 aromatic heterocycles. The van der Waals surface area contributed by atoms with Crippen LogP contribution in [0.5, 0.6) is 0 Å². The lowest BCUT2D eigenvalue weighted by molar-refractivity contribution is 0.620. The van der Waals surface area contributed by atoms with Gasteiger partial charge in [-0.1, -0.05) is 0 Å². The topological polar surface area (TPSA) is 30.7 Å². The predicted molar refractivity (Wildman–Crippen MR) is 51.1 cm³/mol. The zero-order chi connectivity index (χ0) is 10.1. The number of halogens is 1. The first-order valence-corrected chi connectivity index (χ1v) is 4.28. The van der Waals surface area contributed by atoms with E-state index in [4.69, 9.17) is 0 Å². The lowest BCUT2D eigenvalue weighted by Gasteiger charge is -2.00. The van der Waals surface area contributed by atoms with E-state index in [2.05, 4.69) is 10.1 Å². The van der Waals surface area contributed by atoms with Crippen molar-refractivity contribution < 1.29 is 4.39 Å². The van der Waals surface area contributed by atoms with Gasteiger partial charge in [0.05, 0.1) is 18.1 Å². The van der Waals surface area contributed by atoms with Gasteiger partial charge in [0.1, 0.15) is 5.82 Å². The van der Waals surface area contributed by atoms with Crippen LogP contribution in [0.15, 0.2) is 24.7 Å². The van der Waals surface area contributed by atoms with Crippen molar-refractivity contribution in [2.75, 3.05) is 0 Å². The van der Waals surface area contributed by atoms with Crippen LogP contribution in [0.1, 0.15) is 5.56 Å². The summed E-state index contributed by atoms with van der Waals surface area (Å²) in [7, 11) is 1.84. The van der Waals surface area contributed by atoms with E-state index in [0.29, 0.717) is 0 Å². The van der Waals surface area contributed by atoms with Crippen molar-refractivity contribution in [1.82, 2.24) is 14.8 Å². The Morgan fingerprint density at radius 2 is 2.14 bits per heavy atom. The molecule has 2 aromatic rings. The lowest BCUT2D eigenvalue weighted by Crippen LogP contribution is -1.89. The second-order valence-corrected chi connectivity index (χ2v) is 3.22. The molecule has 0 amide bonds. The summed E-state index contributed by atoms with van der Waals surface area (Å²) in [4.78, 5) is 4.03. The average Bonchev–Trinajstić information content (AvgIpc) is 2.51. The molecule has 0 N–H and O–H groups in total. The van der Waals surface area contributed by atoms with Gasteiger partial charge in [0, 0.05) is 18.8 Å². The highest BCUT2D eigenvalue weighted by Gasteiger charge is 2.06. The van der Waals surface area contributed by atoms with E-state index >= 15 is 0 Å². The zero-order valence-corrected chi connectivity index (χ0v) is 8.03. The van der Waals surface area contributed by atoms with Gasteiger partial charge >= 0.3 is 0 Å². The molecular formula is C10H10FN3. The summed E-state index contributed by atoms with van der Waals surface area (Å²) in [5.41, 5.74) is 2.50. The Hall–Kier alpha value is -1.71. The Morgan fingerprint density at radius 3 is 2.71 bits per heavy atom. The standard InChI is InChI=1S/C10H10FN3/c1-7-3-9(11)5-12-10(7)8-4-13-14(2)6-8/h3-6H,1-2H3. The van der Waals surface area contributed by atoms with Crippen LogP contribution in [0.25, 0.3) is 11.3 Å². The molecule has 0 atom stereocenters. The van der Waals surface area contributed by atoms with Gasteiger partial charge in [-0.05, 0) is 18.6 Å². The molecule has 3 nitrogen and oxygen atoms in total. The van der Waals surface area contributed by atoms with Crippen LogP contribution in [0, 0.1) is 12.7 Å². The second-order valence-electron chi connectivity index (χ2n) is 3.22. The van der Waals surface area contributed by atoms with Crippen molar-refractivity contribution in [3.8, 4) is 11.3 Å². The van der Waals surface area contributed by atoms with E-state index in [-0.39, 0.29) is 5.82 Å². The average molecular weight is 191 g/mol. The molecule has 2 rings (SSSR count). The molecule has 0 aliphatic carbocycles. The summed E-state index contributed by atoms with van der Waals surface area (Å²) in [6.07, 6.45) is 4.79. The summed E-state index contributed by atoms with van der Waals surface area (Å²) in [5.74, 6) is -0.310. The highest BCUT2D eigenvalue weighted by Crippen LogP contribution is 2.19. The first kappa shape index (κ1) is 8.87. The van der Waals surface area contributed by atoms with Crippen LogP contribution >= 0.6 is 0 Å². The van der Waals surface area contributed by atoms with E-state index in [1.54, 1.807) is 10.9 Å². The van der Waals surface area contributed by atoms with E-state index in [1.165, 1.54) is 12.3 Å². The Labute approximate surface area is 81.2 Å². The summed E-state index contributed by atoms with van der Waals surface area (Å²) in [6.45, 7) is 1.83. The minimum absolute atomic E-state index is 0.310. The Morgan fingerprint density at radius 1 is 1.36 bits per heavy atom. The molecule has 2 heterocycles. The quantitative estimate of drug-likeness (QED) is 0.689. The minimum atomic E-state index is -0.310. The molecule has 0 saturated carbocycles. The van der Waals surface area contributed by atoms with Crippen LogP contribution < -0.4 is 0 Å². The zero-order valence-electron chi connectivity index (χ0n) is 8.03. The molecule has 72 valence electrons. The van der Waals surface area contributed by atoms with Crippen molar-refractivity contribution in [2.45, 2.75) is 6.92 Å². The third-order valence-corrected chi connectivity index (χ3v) is 2.02. The maximum absolute atomic E-state index is 12.8. The largest absolute Gasteiger partial charge is 0.275 e. The van der Waals surface area contributed by atoms with Crippen molar-refractivity contribution in [3.63, 3.8) is 0 Å². The van der Waals surface area contributed by atoms with Gasteiger partial charge in [0.25, 0.3) is 0 Å². The first-order chi connectivity index (χ1) is 6.66. The number of pyridine rings is 1. The van der Waals surface area contributed by atoms with Gasteiger partial charge in [-0.3, -0.25) is 9.67 Å². The summed E-state index contributed by atoms with van der Waals surface area (Å²) in [6, 6.07) is 1.47. The second kappa shape index (κ2) is 3.21. The maximum atomic E-state index is 12.8. The van der Waals surface area contributed by atoms with Crippen LogP contribution in [-0.2, 0) is 7.05 Å². The minimum Gasteiger partial charge on any atom is -0.275 e. The number of hydrogen-bond acceptors (Lipinski definition) is 2. The highest BCUT2D eigenvalue weighted by atomic mass is 19.1. The van der Waals surface area contributed by atoms with Gasteiger partial charge in [-0.2, -0.15) is 5.10 Å². The fraction of sp³-hybridized carbons (Fsp3) is 0.200. The smallest absolute Gasteiger partial charge is 0.141 e. The molecule has 0 spiro atoms. The predicted octanol–water partition coefficient (Wildman–Crippen LogP) is 1.93. The first-order valence-electron chi connectivity index (χ1n) is 4.28. The molecule has 0 bridgehead atoms. The van der Waals surface area contributed by atoms with Gasteiger partial charge in [-0.25, -0.2) is 4.39 Å². The van der Waals surface area contributed by atoms with Gasteiger partial charge in [0.2, 0.25) is 0 Å². The van der Waals surface area contributed by atoms with Crippen LogP contribution in [0.4, 0.5) is 4.39 Å². The molecule has 0 radical (unpaired) electrons. The van der Waals surface area contributed by atoms with E-state index in [0.717, 1.165) is 16.8 Å². The van der Waals surface area contributed by atoms with Gasteiger partial charge in [0.15, 0.2) is 0 Å². The summed E-state index contributed by atoms with van der Waals surface area (Å²) >= 11 is 0. The number of aromatic nitrogens is 3. The van der Waals surface area contributed by atoms with Crippen LogP contribution in [0.2, 0.25) is 0 Å². The Bertz CT molecular complexity index is 462. The molecular weight excluding hydrogens is 181 g/mol. The Kier molecular flexibility index (Phi) is 2.04. The fourth-order valence-electron chi connectivity index (χ4n) is 1.39. The van der Waals surface area contributed by atoms with Gasteiger partial charge in [-0.15, -0.1) is 0 Å². The SMILES string of the molecule is Cc1cc(F)cnc1-c1cnn(C)c1. The number of hydrogen-bond donors (Lipinski definition) is 0. The normalized spacial score (nSPS) is 10.5. The Balaban J connectivity index is 2.52. The van der Waals surface area contributed by atoms with Crippen molar-refractivity contribution >= 4 is 0 Å². The maximum Gasteiger partial charge on any atom is 0.141 e. The fourth-order valence-corrected chi connectivity index (χ4v) is 1.39. The molecule has 0 unspecified atom stereocenters. The number of rotatable bonds is 1. The number of nitrogens with zero attached hydrogens (tertiary/aromatic N) is 3. The van der Waals surface area contributed by atoms with Crippen LogP contribution in [-0.4, -0.2) is 14.8 Å². The molecule has 0 aromatic carbocycles. The molecule has 14 heavy (non-hydrogen) atoms. The van der Waals surface area contributed by atoms with E-state index in [9.17, 15) is 4.39 Å². The van der Waals surface area contributed by atoms with Crippen molar-refractivity contribution in [2.24, 2.45) is 7.05 Å². The third-order valence-electron chi connectivity index (χ3n) is 2.02. The van der Waals surface area contributed by atoms with E-state index in [1.807, 2.05) is 20.2 Å². The molecule has 0 aliphatic rings. The molecule has 4 heteroatoms. The molecule has 0 saturated heterocycles. The third kappa shape index (κ3) is 1.51. The van der Waals surface area contributed by atoms with E-state index < -0.39 is 0 Å². The van der Waals surface area contributed by atoms with Crippen molar-refractivity contribution in [1.29, 1.82) is 0 Å². The van der Waals surface area contributed by atoms with Crippen LogP contribution in [0.3, 0.4) is 0 Å². The monoisotopic (exact) mass is 191 g/mol. The molecule has 0 fully saturated rings. The number of aryl methyl sites for hydroxylation is 2. The van der Waals surface area contributed by atoms with Gasteiger partial charge < -0.3 is 0 Å². The van der Waals surface area contributed by atoms with Crippen molar-refractivity contribution in [3.05, 3.63) is 36.0 Å².